The Balaban J connectivity index is 1.25. The fourth-order valence-electron chi connectivity index (χ4n) is 7.99. The molecule has 8 nitrogen and oxygen atoms in total. The van der Waals surface area contributed by atoms with E-state index in [1.807, 2.05) is 25.1 Å². The van der Waals surface area contributed by atoms with Crippen LogP contribution >= 0.6 is 0 Å². The van der Waals surface area contributed by atoms with E-state index in [4.69, 9.17) is 5.26 Å². The van der Waals surface area contributed by atoms with E-state index in [0.29, 0.717) is 36.1 Å². The fraction of sp³-hybridized carbons (Fsp3) is 0.529. The number of quaternary nitrogens is 1. The minimum absolute atomic E-state index is 0.0115. The predicted octanol–water partition coefficient (Wildman–Crippen LogP) is 6.16. The maximum atomic E-state index is 15.1. The Bertz CT molecular complexity index is 1810. The number of fused-ring (bicyclic) bond motifs is 2. The molecule has 1 amide bonds. The average Bonchev–Trinajstić information content (AvgIpc) is 3.55. The number of hydrogen-bond acceptors (Lipinski definition) is 6. The van der Waals surface area contributed by atoms with Crippen molar-refractivity contribution in [2.45, 2.75) is 81.2 Å². The second-order valence-electron chi connectivity index (χ2n) is 13.6. The van der Waals surface area contributed by atoms with Gasteiger partial charge in [0, 0.05) is 50.4 Å². The summed E-state index contributed by atoms with van der Waals surface area (Å²) in [6, 6.07) is 4.34. The summed E-state index contributed by atoms with van der Waals surface area (Å²) in [4.78, 5) is 13.9. The number of nitriles is 1. The van der Waals surface area contributed by atoms with Crippen molar-refractivity contribution in [2.75, 3.05) is 49.8 Å². The van der Waals surface area contributed by atoms with E-state index in [1.165, 1.54) is 13.0 Å². The summed E-state index contributed by atoms with van der Waals surface area (Å²) in [6.45, 7) is 6.96. The van der Waals surface area contributed by atoms with Gasteiger partial charge < -0.3 is 20.0 Å². The van der Waals surface area contributed by atoms with Crippen LogP contribution in [0.3, 0.4) is 0 Å². The van der Waals surface area contributed by atoms with E-state index in [1.54, 1.807) is 6.07 Å². The lowest BCUT2D eigenvalue weighted by Crippen LogP contribution is -2.62. The van der Waals surface area contributed by atoms with Gasteiger partial charge in [-0.3, -0.25) is 4.79 Å². The zero-order valence-corrected chi connectivity index (χ0v) is 28.3. The molecule has 0 aliphatic carbocycles. The van der Waals surface area contributed by atoms with Crippen molar-refractivity contribution in [3.63, 3.8) is 0 Å². The molecule has 0 aromatic heterocycles. The van der Waals surface area contributed by atoms with E-state index in [-0.39, 0.29) is 48.4 Å². The Hall–Kier alpha value is -3.70. The number of carbonyl (C=O) groups excluding carboxylic acids is 1. The monoisotopic (exact) mass is 694 g/mol. The van der Waals surface area contributed by atoms with Crippen molar-refractivity contribution in [3.8, 4) is 6.07 Å². The zero-order valence-electron chi connectivity index (χ0n) is 27.5. The van der Waals surface area contributed by atoms with Crippen LogP contribution in [0.5, 0.6) is 0 Å². The number of amides is 1. The van der Waals surface area contributed by atoms with Gasteiger partial charge >= 0.3 is 0 Å². The van der Waals surface area contributed by atoms with Crippen LogP contribution < -0.4 is 15.5 Å². The summed E-state index contributed by atoms with van der Waals surface area (Å²) in [5.41, 5.74) is 0.410. The topological polar surface area (TPSA) is 102 Å². The third kappa shape index (κ3) is 6.15. The van der Waals surface area contributed by atoms with Crippen LogP contribution in [0.15, 0.2) is 23.6 Å². The summed E-state index contributed by atoms with van der Waals surface area (Å²) < 4.78 is 101. The number of hydrogen-bond donors (Lipinski definition) is 2. The Morgan fingerprint density at radius 1 is 1.17 bits per heavy atom. The molecule has 4 atom stereocenters. The van der Waals surface area contributed by atoms with E-state index >= 15 is 13.2 Å². The van der Waals surface area contributed by atoms with Crippen LogP contribution in [0, 0.1) is 28.8 Å². The van der Waals surface area contributed by atoms with Crippen molar-refractivity contribution in [3.05, 3.63) is 58.4 Å². The number of halogens is 5. The van der Waals surface area contributed by atoms with Crippen LogP contribution in [0.25, 0.3) is 5.57 Å². The molecule has 2 aromatic carbocycles. The number of likely N-dealkylation sites (N-methyl/N-ethyl adjacent to an activating group) is 1. The number of benzene rings is 2. The van der Waals surface area contributed by atoms with Crippen molar-refractivity contribution >= 4 is 32.7 Å². The minimum Gasteiger partial charge on any atom is -0.366 e. The summed E-state index contributed by atoms with van der Waals surface area (Å²) in [5.74, 6) is -9.41. The molecule has 2 N–H and O–H groups in total. The SMILES string of the molecule is C=C(C)c1c(F)c(S(=O)(=O)CCCCNC(=O)C2CCC3C(c4cc5c(cc4C(C)(F)F)N(C)CN5)CCC[N+]23C)c(F)c(F)c1C#N. The molecular formula is C34H41F5N5O3S+. The molecular weight excluding hydrogens is 653 g/mol. The largest absolute Gasteiger partial charge is 0.366 e. The van der Waals surface area contributed by atoms with Crippen LogP contribution in [-0.2, 0) is 20.6 Å². The number of anilines is 2. The van der Waals surface area contributed by atoms with Gasteiger partial charge in [-0.2, -0.15) is 5.26 Å². The third-order valence-electron chi connectivity index (χ3n) is 10.4. The predicted molar refractivity (Wildman–Crippen MR) is 173 cm³/mol. The van der Waals surface area contributed by atoms with Gasteiger partial charge in [0.1, 0.15) is 16.5 Å². The van der Waals surface area contributed by atoms with Crippen LogP contribution in [0.2, 0.25) is 0 Å². The highest BCUT2D eigenvalue weighted by Gasteiger charge is 2.55. The fourth-order valence-corrected chi connectivity index (χ4v) is 9.52. The number of piperidine rings is 1. The molecule has 2 fully saturated rings. The Morgan fingerprint density at radius 3 is 2.52 bits per heavy atom. The van der Waals surface area contributed by atoms with E-state index in [9.17, 15) is 22.0 Å². The van der Waals surface area contributed by atoms with Gasteiger partial charge in [0.2, 0.25) is 0 Å². The summed E-state index contributed by atoms with van der Waals surface area (Å²) in [6.07, 6.45) is 2.82. The molecule has 2 aromatic rings. The average molecular weight is 695 g/mol. The minimum atomic E-state index is -4.64. The van der Waals surface area contributed by atoms with E-state index < -0.39 is 61.0 Å². The molecule has 3 aliphatic rings. The maximum absolute atomic E-state index is 15.1. The highest BCUT2D eigenvalue weighted by Crippen LogP contribution is 2.50. The molecule has 0 bridgehead atoms. The molecule has 3 heterocycles. The number of carbonyl (C=O) groups is 1. The molecule has 48 heavy (non-hydrogen) atoms. The highest BCUT2D eigenvalue weighted by molar-refractivity contribution is 7.91. The summed E-state index contributed by atoms with van der Waals surface area (Å²) in [7, 11) is -0.788. The first-order valence-electron chi connectivity index (χ1n) is 16.1. The number of rotatable bonds is 10. The quantitative estimate of drug-likeness (QED) is 0.134. The normalized spacial score (nSPS) is 23.7. The first-order chi connectivity index (χ1) is 22.4. The third-order valence-corrected chi connectivity index (χ3v) is 12.2. The molecule has 3 aliphatic heterocycles. The number of nitrogens with zero attached hydrogens (tertiary/aromatic N) is 3. The lowest BCUT2D eigenvalue weighted by atomic mass is 9.79. The van der Waals surface area contributed by atoms with Crippen molar-refractivity contribution in [2.24, 2.45) is 0 Å². The molecule has 14 heteroatoms. The first-order valence-corrected chi connectivity index (χ1v) is 17.7. The molecule has 2 saturated heterocycles. The second-order valence-corrected chi connectivity index (χ2v) is 15.6. The van der Waals surface area contributed by atoms with Crippen LogP contribution in [0.4, 0.5) is 33.3 Å². The van der Waals surface area contributed by atoms with E-state index in [2.05, 4.69) is 17.2 Å². The lowest BCUT2D eigenvalue weighted by Gasteiger charge is -2.47. The molecule has 0 radical (unpaired) electrons. The molecule has 0 saturated carbocycles. The van der Waals surface area contributed by atoms with Gasteiger partial charge in [-0.05, 0) is 55.9 Å². The first kappa shape index (κ1) is 35.6. The molecule has 260 valence electrons. The van der Waals surface area contributed by atoms with Crippen LogP contribution in [0.1, 0.15) is 80.5 Å². The van der Waals surface area contributed by atoms with Gasteiger partial charge in [0.05, 0.1) is 43.4 Å². The Morgan fingerprint density at radius 2 is 1.88 bits per heavy atom. The Labute approximate surface area is 278 Å². The molecule has 5 rings (SSSR count). The molecule has 4 unspecified atom stereocenters. The van der Waals surface area contributed by atoms with Crippen molar-refractivity contribution in [1.82, 2.24) is 5.32 Å². The smallest absolute Gasteiger partial charge is 0.278 e. The van der Waals surface area contributed by atoms with Gasteiger partial charge in [0.25, 0.3) is 11.8 Å². The lowest BCUT2D eigenvalue weighted by molar-refractivity contribution is -0.941. The number of sulfone groups is 1. The standard InChI is InChI=1S/C34H40F5N5O3S/c1-19(2)28-22(17-40)29(35)31(37)32(30(28)36)48(46,47)14-7-6-12-41-33(45)27-11-10-26-20(9-8-13-44(26,27)5)21-15-24-25(43(4)18-42-24)16-23(21)34(3,38)39/h15-16,20,26-27,42H,1,6-14,18H2,2-5H3/p+1. The van der Waals surface area contributed by atoms with Gasteiger partial charge in [0.15, 0.2) is 33.3 Å². The van der Waals surface area contributed by atoms with Gasteiger partial charge in [-0.15, -0.1) is 0 Å². The molecule has 0 spiro atoms. The number of nitrogens with one attached hydrogen (secondary N) is 2. The number of allylic oxidation sites excluding steroid dienone is 1. The van der Waals surface area contributed by atoms with E-state index in [0.717, 1.165) is 31.1 Å². The maximum Gasteiger partial charge on any atom is 0.278 e. The number of unbranched alkanes of at least 4 members (excludes halogenated alkanes) is 1. The van der Waals surface area contributed by atoms with Crippen LogP contribution in [-0.4, -0.2) is 70.5 Å². The Kier molecular flexibility index (Phi) is 9.62. The summed E-state index contributed by atoms with van der Waals surface area (Å²) >= 11 is 0. The highest BCUT2D eigenvalue weighted by atomic mass is 32.2. The second kappa shape index (κ2) is 13.0. The zero-order chi connectivity index (χ0) is 35.3. The van der Waals surface area contributed by atoms with Gasteiger partial charge in [-0.1, -0.05) is 6.58 Å². The van der Waals surface area contributed by atoms with Gasteiger partial charge in [-0.25, -0.2) is 30.4 Å². The summed E-state index contributed by atoms with van der Waals surface area (Å²) in [5, 5.41) is 15.3. The van der Waals surface area contributed by atoms with Crippen molar-refractivity contribution in [1.29, 1.82) is 5.26 Å². The van der Waals surface area contributed by atoms with Crippen molar-refractivity contribution < 1.29 is 39.6 Å². The number of alkyl halides is 2.